The molecule has 2 fully saturated rings. The summed E-state index contributed by atoms with van der Waals surface area (Å²) in [5.74, 6) is -0.160. The predicted molar refractivity (Wildman–Crippen MR) is 93.7 cm³/mol. The number of thioether (sulfide) groups is 1. The molecule has 0 bridgehead atoms. The Balaban J connectivity index is 1.60. The van der Waals surface area contributed by atoms with Crippen LogP contribution in [-0.2, 0) is 9.59 Å². The van der Waals surface area contributed by atoms with Crippen molar-refractivity contribution in [1.29, 1.82) is 0 Å². The molecule has 1 saturated heterocycles. The van der Waals surface area contributed by atoms with Gasteiger partial charge in [0.2, 0.25) is 11.8 Å². The van der Waals surface area contributed by atoms with E-state index in [1.165, 1.54) is 37.0 Å². The molecule has 1 aliphatic heterocycles. The van der Waals surface area contributed by atoms with Crippen LogP contribution < -0.4 is 10.6 Å². The fourth-order valence-corrected chi connectivity index (χ4v) is 4.60. The lowest BCUT2D eigenvalue weighted by Gasteiger charge is -2.21. The Labute approximate surface area is 141 Å². The van der Waals surface area contributed by atoms with Gasteiger partial charge in [0.05, 0.1) is 0 Å². The van der Waals surface area contributed by atoms with Gasteiger partial charge in [0.25, 0.3) is 0 Å². The average Bonchev–Trinajstić information content (AvgIpc) is 2.98. The fourth-order valence-electron chi connectivity index (χ4n) is 3.26. The molecule has 1 aliphatic carbocycles. The molecule has 23 heavy (non-hydrogen) atoms. The number of hydrogen-bond acceptors (Lipinski definition) is 3. The van der Waals surface area contributed by atoms with E-state index in [1.807, 2.05) is 24.8 Å². The SMILES string of the molecule is Cc1cc(SC2CCCCC2)ccc1NC(=O)[C@H]1CCC(=O)N1. The van der Waals surface area contributed by atoms with E-state index in [1.54, 1.807) is 0 Å². The third-order valence-corrected chi connectivity index (χ3v) is 5.95. The molecule has 1 aromatic carbocycles. The number of carbonyl (C=O) groups excluding carboxylic acids is 2. The Bertz CT molecular complexity index is 597. The summed E-state index contributed by atoms with van der Waals surface area (Å²) in [6, 6.07) is 5.84. The quantitative estimate of drug-likeness (QED) is 0.885. The van der Waals surface area contributed by atoms with Crippen LogP contribution in [0.3, 0.4) is 0 Å². The molecule has 1 heterocycles. The number of hydrogen-bond donors (Lipinski definition) is 2. The fraction of sp³-hybridized carbons (Fsp3) is 0.556. The maximum atomic E-state index is 12.2. The van der Waals surface area contributed by atoms with Crippen LogP contribution in [0.5, 0.6) is 0 Å². The Kier molecular flexibility index (Phi) is 5.26. The molecule has 4 nitrogen and oxygen atoms in total. The van der Waals surface area contributed by atoms with Crippen molar-refractivity contribution in [3.8, 4) is 0 Å². The Hall–Kier alpha value is -1.49. The first-order valence-electron chi connectivity index (χ1n) is 8.49. The average molecular weight is 332 g/mol. The van der Waals surface area contributed by atoms with Crippen molar-refractivity contribution in [2.45, 2.75) is 68.1 Å². The molecule has 3 rings (SSSR count). The highest BCUT2D eigenvalue weighted by atomic mass is 32.2. The monoisotopic (exact) mass is 332 g/mol. The van der Waals surface area contributed by atoms with E-state index in [-0.39, 0.29) is 11.8 Å². The van der Waals surface area contributed by atoms with Crippen LogP contribution in [0.4, 0.5) is 5.69 Å². The predicted octanol–water partition coefficient (Wildman–Crippen LogP) is 3.64. The minimum Gasteiger partial charge on any atom is -0.344 e. The highest BCUT2D eigenvalue weighted by molar-refractivity contribution is 8.00. The van der Waals surface area contributed by atoms with E-state index in [2.05, 4.69) is 22.8 Å². The number of benzene rings is 1. The van der Waals surface area contributed by atoms with E-state index in [0.717, 1.165) is 16.5 Å². The first-order chi connectivity index (χ1) is 11.1. The molecule has 1 aromatic rings. The second kappa shape index (κ2) is 7.39. The molecular weight excluding hydrogens is 308 g/mol. The summed E-state index contributed by atoms with van der Waals surface area (Å²) in [4.78, 5) is 24.7. The topological polar surface area (TPSA) is 58.2 Å². The van der Waals surface area contributed by atoms with Gasteiger partial charge in [0.1, 0.15) is 6.04 Å². The zero-order chi connectivity index (χ0) is 16.2. The number of aryl methyl sites for hydroxylation is 1. The van der Waals surface area contributed by atoms with E-state index in [0.29, 0.717) is 12.8 Å². The second-order valence-electron chi connectivity index (χ2n) is 6.50. The second-order valence-corrected chi connectivity index (χ2v) is 7.88. The normalized spacial score (nSPS) is 22.0. The maximum absolute atomic E-state index is 12.2. The van der Waals surface area contributed by atoms with Crippen molar-refractivity contribution in [1.82, 2.24) is 5.32 Å². The highest BCUT2D eigenvalue weighted by Crippen LogP contribution is 2.34. The van der Waals surface area contributed by atoms with Gasteiger partial charge in [0, 0.05) is 22.3 Å². The lowest BCUT2D eigenvalue weighted by Crippen LogP contribution is -2.37. The Morgan fingerprint density at radius 2 is 2.00 bits per heavy atom. The first kappa shape index (κ1) is 16.4. The van der Waals surface area contributed by atoms with Gasteiger partial charge in [-0.25, -0.2) is 0 Å². The van der Waals surface area contributed by atoms with E-state index >= 15 is 0 Å². The van der Waals surface area contributed by atoms with Gasteiger partial charge in [-0.1, -0.05) is 19.3 Å². The lowest BCUT2D eigenvalue weighted by molar-refractivity contribution is -0.122. The van der Waals surface area contributed by atoms with Gasteiger partial charge >= 0.3 is 0 Å². The minimum atomic E-state index is -0.391. The Morgan fingerprint density at radius 1 is 1.22 bits per heavy atom. The lowest BCUT2D eigenvalue weighted by atomic mass is 10.0. The molecule has 0 aromatic heterocycles. The zero-order valence-electron chi connectivity index (χ0n) is 13.6. The van der Waals surface area contributed by atoms with E-state index in [9.17, 15) is 9.59 Å². The summed E-state index contributed by atoms with van der Waals surface area (Å²) in [6.07, 6.45) is 7.70. The summed E-state index contributed by atoms with van der Waals surface area (Å²) in [5, 5.41) is 6.38. The van der Waals surface area contributed by atoms with E-state index in [4.69, 9.17) is 0 Å². The standard InChI is InChI=1S/C18H24N2O2S/c1-12-11-14(23-13-5-3-2-4-6-13)7-8-15(12)20-18(22)16-9-10-17(21)19-16/h7-8,11,13,16H,2-6,9-10H2,1H3,(H,19,21)(H,20,22)/t16-/m1/s1. The van der Waals surface area contributed by atoms with Crippen LogP contribution in [0.25, 0.3) is 0 Å². The largest absolute Gasteiger partial charge is 0.344 e. The summed E-state index contributed by atoms with van der Waals surface area (Å²) in [7, 11) is 0. The zero-order valence-corrected chi connectivity index (χ0v) is 14.4. The molecule has 5 heteroatoms. The molecule has 2 N–H and O–H groups in total. The van der Waals surface area contributed by atoms with Gasteiger partial charge in [-0.3, -0.25) is 9.59 Å². The summed E-state index contributed by atoms with van der Waals surface area (Å²) < 4.78 is 0. The highest BCUT2D eigenvalue weighted by Gasteiger charge is 2.27. The van der Waals surface area contributed by atoms with Crippen molar-refractivity contribution in [2.24, 2.45) is 0 Å². The summed E-state index contributed by atoms with van der Waals surface area (Å²) >= 11 is 1.96. The van der Waals surface area contributed by atoms with Crippen molar-refractivity contribution in [2.75, 3.05) is 5.32 Å². The molecule has 1 saturated carbocycles. The summed E-state index contributed by atoms with van der Waals surface area (Å²) in [5.41, 5.74) is 1.91. The van der Waals surface area contributed by atoms with Crippen LogP contribution in [0, 0.1) is 6.92 Å². The molecule has 2 amide bonds. The number of amides is 2. The van der Waals surface area contributed by atoms with Crippen LogP contribution in [0.15, 0.2) is 23.1 Å². The third-order valence-electron chi connectivity index (χ3n) is 4.62. The molecular formula is C18H24N2O2S. The third kappa shape index (κ3) is 4.28. The smallest absolute Gasteiger partial charge is 0.246 e. The minimum absolute atomic E-state index is 0.0406. The van der Waals surface area contributed by atoms with Gasteiger partial charge in [0.15, 0.2) is 0 Å². The molecule has 0 unspecified atom stereocenters. The van der Waals surface area contributed by atoms with Crippen LogP contribution in [0.1, 0.15) is 50.5 Å². The molecule has 2 aliphatic rings. The van der Waals surface area contributed by atoms with Crippen molar-refractivity contribution >= 4 is 29.3 Å². The van der Waals surface area contributed by atoms with Crippen LogP contribution in [-0.4, -0.2) is 23.1 Å². The van der Waals surface area contributed by atoms with Gasteiger partial charge in [-0.15, -0.1) is 11.8 Å². The summed E-state index contributed by atoms with van der Waals surface area (Å²) in [6.45, 7) is 2.02. The van der Waals surface area contributed by atoms with Gasteiger partial charge < -0.3 is 10.6 Å². The number of nitrogens with one attached hydrogen (secondary N) is 2. The molecule has 0 spiro atoms. The van der Waals surface area contributed by atoms with Crippen molar-refractivity contribution in [3.63, 3.8) is 0 Å². The Morgan fingerprint density at radius 3 is 2.65 bits per heavy atom. The first-order valence-corrected chi connectivity index (χ1v) is 9.37. The van der Waals surface area contributed by atoms with Crippen LogP contribution in [0.2, 0.25) is 0 Å². The number of rotatable bonds is 4. The van der Waals surface area contributed by atoms with Crippen molar-refractivity contribution in [3.05, 3.63) is 23.8 Å². The van der Waals surface area contributed by atoms with Gasteiger partial charge in [-0.2, -0.15) is 0 Å². The molecule has 1 atom stereocenters. The molecule has 0 radical (unpaired) electrons. The van der Waals surface area contributed by atoms with Crippen molar-refractivity contribution < 1.29 is 9.59 Å². The number of carbonyl (C=O) groups is 2. The van der Waals surface area contributed by atoms with E-state index < -0.39 is 6.04 Å². The van der Waals surface area contributed by atoms with Crippen LogP contribution >= 0.6 is 11.8 Å². The maximum Gasteiger partial charge on any atom is 0.246 e. The molecule has 124 valence electrons. The number of anilines is 1. The van der Waals surface area contributed by atoms with Gasteiger partial charge in [-0.05, 0) is 49.9 Å².